The Kier molecular flexibility index (Phi) is 4.40. The summed E-state index contributed by atoms with van der Waals surface area (Å²) in [6.07, 6.45) is 0. The first-order valence-electron chi connectivity index (χ1n) is 6.77. The topological polar surface area (TPSA) is 29.3 Å². The SMILES string of the molecule is Cc1ccc(N(C)Cc2cccc(CN)c2F)c(C)c1. The maximum Gasteiger partial charge on any atom is 0.132 e. The summed E-state index contributed by atoms with van der Waals surface area (Å²) in [5.41, 5.74) is 10.3. The fraction of sp³-hybridized carbons (Fsp3) is 0.294. The standard InChI is InChI=1S/C17H21FN2/c1-12-7-8-16(13(2)9-12)20(3)11-15-6-4-5-14(10-19)17(15)18/h4-9H,10-11,19H2,1-3H3. The van der Waals surface area contributed by atoms with Crippen molar-refractivity contribution in [3.05, 3.63) is 64.5 Å². The first-order valence-corrected chi connectivity index (χ1v) is 6.77. The predicted molar refractivity (Wildman–Crippen MR) is 82.3 cm³/mol. The summed E-state index contributed by atoms with van der Waals surface area (Å²) in [5, 5.41) is 0. The fourth-order valence-corrected chi connectivity index (χ4v) is 2.49. The van der Waals surface area contributed by atoms with Gasteiger partial charge < -0.3 is 10.6 Å². The van der Waals surface area contributed by atoms with Gasteiger partial charge in [0.2, 0.25) is 0 Å². The van der Waals surface area contributed by atoms with E-state index in [-0.39, 0.29) is 12.4 Å². The molecule has 0 aromatic heterocycles. The lowest BCUT2D eigenvalue weighted by atomic mass is 10.1. The maximum absolute atomic E-state index is 14.2. The highest BCUT2D eigenvalue weighted by molar-refractivity contribution is 5.54. The van der Waals surface area contributed by atoms with Gasteiger partial charge in [-0.3, -0.25) is 0 Å². The first-order chi connectivity index (χ1) is 9.52. The van der Waals surface area contributed by atoms with E-state index in [1.165, 1.54) is 11.1 Å². The van der Waals surface area contributed by atoms with Crippen molar-refractivity contribution in [3.63, 3.8) is 0 Å². The van der Waals surface area contributed by atoms with Crippen molar-refractivity contribution in [1.29, 1.82) is 0 Å². The van der Waals surface area contributed by atoms with Gasteiger partial charge in [-0.15, -0.1) is 0 Å². The van der Waals surface area contributed by atoms with Gasteiger partial charge in [0.25, 0.3) is 0 Å². The van der Waals surface area contributed by atoms with Gasteiger partial charge in [0.05, 0.1) is 0 Å². The Labute approximate surface area is 120 Å². The zero-order valence-electron chi connectivity index (χ0n) is 12.3. The minimum atomic E-state index is -0.188. The summed E-state index contributed by atoms with van der Waals surface area (Å²) in [4.78, 5) is 2.06. The van der Waals surface area contributed by atoms with E-state index in [1.807, 2.05) is 19.2 Å². The minimum Gasteiger partial charge on any atom is -0.370 e. The average Bonchev–Trinajstić information content (AvgIpc) is 2.41. The summed E-state index contributed by atoms with van der Waals surface area (Å²) in [6.45, 7) is 4.91. The molecule has 106 valence electrons. The lowest BCUT2D eigenvalue weighted by Gasteiger charge is -2.22. The third-order valence-corrected chi connectivity index (χ3v) is 3.55. The van der Waals surface area contributed by atoms with Gasteiger partial charge in [0.15, 0.2) is 0 Å². The van der Waals surface area contributed by atoms with Crippen LogP contribution in [-0.4, -0.2) is 7.05 Å². The van der Waals surface area contributed by atoms with E-state index >= 15 is 0 Å². The number of halogens is 1. The number of nitrogens with zero attached hydrogens (tertiary/aromatic N) is 1. The number of rotatable bonds is 4. The van der Waals surface area contributed by atoms with E-state index in [0.29, 0.717) is 17.7 Å². The summed E-state index contributed by atoms with van der Waals surface area (Å²) >= 11 is 0. The second-order valence-electron chi connectivity index (χ2n) is 5.24. The number of hydrogen-bond acceptors (Lipinski definition) is 2. The zero-order chi connectivity index (χ0) is 14.7. The molecule has 0 saturated carbocycles. The second-order valence-corrected chi connectivity index (χ2v) is 5.24. The summed E-state index contributed by atoms with van der Waals surface area (Å²) in [7, 11) is 1.98. The lowest BCUT2D eigenvalue weighted by molar-refractivity contribution is 0.591. The van der Waals surface area contributed by atoms with Gasteiger partial charge >= 0.3 is 0 Å². The van der Waals surface area contributed by atoms with Crippen molar-refractivity contribution >= 4 is 5.69 Å². The van der Waals surface area contributed by atoms with E-state index in [1.54, 1.807) is 6.07 Å². The molecule has 2 aromatic rings. The third-order valence-electron chi connectivity index (χ3n) is 3.55. The second kappa shape index (κ2) is 6.06. The Morgan fingerprint density at radius 3 is 2.45 bits per heavy atom. The van der Waals surface area contributed by atoms with Crippen molar-refractivity contribution in [1.82, 2.24) is 0 Å². The minimum absolute atomic E-state index is 0.188. The molecule has 0 bridgehead atoms. The van der Waals surface area contributed by atoms with Crippen LogP contribution in [0.3, 0.4) is 0 Å². The Balaban J connectivity index is 2.25. The highest BCUT2D eigenvalue weighted by Crippen LogP contribution is 2.23. The van der Waals surface area contributed by atoms with Crippen molar-refractivity contribution in [2.45, 2.75) is 26.9 Å². The molecule has 20 heavy (non-hydrogen) atoms. The molecule has 2 aromatic carbocycles. The van der Waals surface area contributed by atoms with Crippen LogP contribution in [0.5, 0.6) is 0 Å². The molecule has 2 nitrogen and oxygen atoms in total. The van der Waals surface area contributed by atoms with E-state index in [0.717, 1.165) is 5.69 Å². The van der Waals surface area contributed by atoms with Crippen molar-refractivity contribution in [2.24, 2.45) is 5.73 Å². The Morgan fingerprint density at radius 1 is 1.10 bits per heavy atom. The zero-order valence-corrected chi connectivity index (χ0v) is 12.3. The molecule has 0 aliphatic heterocycles. The molecule has 0 fully saturated rings. The highest BCUT2D eigenvalue weighted by Gasteiger charge is 2.11. The number of anilines is 1. The smallest absolute Gasteiger partial charge is 0.132 e. The molecule has 0 aliphatic carbocycles. The van der Waals surface area contributed by atoms with E-state index in [4.69, 9.17) is 5.73 Å². The lowest BCUT2D eigenvalue weighted by Crippen LogP contribution is -2.19. The Morgan fingerprint density at radius 2 is 1.80 bits per heavy atom. The van der Waals surface area contributed by atoms with Crippen LogP contribution >= 0.6 is 0 Å². The van der Waals surface area contributed by atoms with Gasteiger partial charge in [-0.1, -0.05) is 35.9 Å². The molecule has 2 rings (SSSR count). The molecule has 0 aliphatic rings. The summed E-state index contributed by atoms with van der Waals surface area (Å²) < 4.78 is 14.2. The summed E-state index contributed by atoms with van der Waals surface area (Å²) in [6, 6.07) is 11.7. The molecule has 0 atom stereocenters. The molecule has 0 spiro atoms. The summed E-state index contributed by atoms with van der Waals surface area (Å²) in [5.74, 6) is -0.188. The van der Waals surface area contributed by atoms with Crippen molar-refractivity contribution < 1.29 is 4.39 Å². The number of aryl methyl sites for hydroxylation is 2. The molecule has 0 unspecified atom stereocenters. The molecule has 0 amide bonds. The molecule has 0 heterocycles. The molecular weight excluding hydrogens is 251 g/mol. The number of benzene rings is 2. The van der Waals surface area contributed by atoms with Crippen LogP contribution in [0.4, 0.5) is 10.1 Å². The van der Waals surface area contributed by atoms with Gasteiger partial charge in [0, 0.05) is 37.0 Å². The highest BCUT2D eigenvalue weighted by atomic mass is 19.1. The first kappa shape index (κ1) is 14.5. The molecular formula is C17H21FN2. The van der Waals surface area contributed by atoms with Crippen LogP contribution in [0.2, 0.25) is 0 Å². The van der Waals surface area contributed by atoms with Crippen molar-refractivity contribution in [3.8, 4) is 0 Å². The monoisotopic (exact) mass is 272 g/mol. The third kappa shape index (κ3) is 2.99. The van der Waals surface area contributed by atoms with E-state index in [9.17, 15) is 4.39 Å². The predicted octanol–water partition coefficient (Wildman–Crippen LogP) is 3.54. The molecule has 0 radical (unpaired) electrons. The van der Waals surface area contributed by atoms with Gasteiger partial charge in [-0.2, -0.15) is 0 Å². The van der Waals surface area contributed by atoms with Crippen LogP contribution in [0.1, 0.15) is 22.3 Å². The largest absolute Gasteiger partial charge is 0.370 e. The van der Waals surface area contributed by atoms with Crippen LogP contribution in [0, 0.1) is 19.7 Å². The molecule has 3 heteroatoms. The fourth-order valence-electron chi connectivity index (χ4n) is 2.49. The number of hydrogen-bond donors (Lipinski definition) is 1. The van der Waals surface area contributed by atoms with Crippen LogP contribution in [0.15, 0.2) is 36.4 Å². The van der Waals surface area contributed by atoms with Gasteiger partial charge in [-0.25, -0.2) is 4.39 Å². The Bertz CT molecular complexity index is 608. The van der Waals surface area contributed by atoms with Crippen LogP contribution in [-0.2, 0) is 13.1 Å². The normalized spacial score (nSPS) is 10.7. The maximum atomic E-state index is 14.2. The van der Waals surface area contributed by atoms with Crippen LogP contribution in [0.25, 0.3) is 0 Å². The molecule has 0 saturated heterocycles. The van der Waals surface area contributed by atoms with Crippen LogP contribution < -0.4 is 10.6 Å². The van der Waals surface area contributed by atoms with Crippen molar-refractivity contribution in [2.75, 3.05) is 11.9 Å². The average molecular weight is 272 g/mol. The van der Waals surface area contributed by atoms with Gasteiger partial charge in [0.1, 0.15) is 5.82 Å². The quantitative estimate of drug-likeness (QED) is 0.922. The van der Waals surface area contributed by atoms with E-state index in [2.05, 4.69) is 36.9 Å². The van der Waals surface area contributed by atoms with Gasteiger partial charge in [-0.05, 0) is 25.5 Å². The Hall–Kier alpha value is -1.87. The number of nitrogens with two attached hydrogens (primary N) is 1. The van der Waals surface area contributed by atoms with E-state index < -0.39 is 0 Å². The molecule has 2 N–H and O–H groups in total.